The van der Waals surface area contributed by atoms with Crippen LogP contribution in [0.4, 0.5) is 0 Å². The number of methoxy groups -OCH3 is 1. The molecule has 112 valence electrons. The van der Waals surface area contributed by atoms with Crippen molar-refractivity contribution in [3.63, 3.8) is 0 Å². The summed E-state index contributed by atoms with van der Waals surface area (Å²) in [7, 11) is 1.61. The summed E-state index contributed by atoms with van der Waals surface area (Å²) in [4.78, 5) is 10.9. The Bertz CT molecular complexity index is 453. The molecule has 0 spiro atoms. The first-order valence-electron chi connectivity index (χ1n) is 6.74. The van der Waals surface area contributed by atoms with E-state index in [-0.39, 0.29) is 24.0 Å². The van der Waals surface area contributed by atoms with E-state index in [9.17, 15) is 0 Å². The minimum Gasteiger partial charge on any atom is -0.481 e. The molecule has 2 N–H and O–H groups in total. The van der Waals surface area contributed by atoms with Crippen LogP contribution in [-0.4, -0.2) is 36.0 Å². The van der Waals surface area contributed by atoms with Crippen molar-refractivity contribution >= 4 is 29.9 Å². The van der Waals surface area contributed by atoms with Gasteiger partial charge in [-0.2, -0.15) is 0 Å². The lowest BCUT2D eigenvalue weighted by molar-refractivity contribution is 0.270. The molecule has 1 unspecified atom stereocenters. The van der Waals surface area contributed by atoms with Crippen LogP contribution in [0.15, 0.2) is 23.2 Å². The molecule has 1 fully saturated rings. The van der Waals surface area contributed by atoms with Crippen molar-refractivity contribution < 1.29 is 4.74 Å². The molecule has 1 aromatic rings. The summed E-state index contributed by atoms with van der Waals surface area (Å²) in [6, 6.07) is 5.66. The molecule has 0 bridgehead atoms. The third kappa shape index (κ3) is 4.81. The van der Waals surface area contributed by atoms with Gasteiger partial charge in [-0.15, -0.1) is 24.0 Å². The fourth-order valence-corrected chi connectivity index (χ4v) is 2.32. The number of guanidine groups is 1. The van der Waals surface area contributed by atoms with Crippen molar-refractivity contribution in [1.29, 1.82) is 0 Å². The Balaban J connectivity index is 0.00000200. The van der Waals surface area contributed by atoms with Crippen LogP contribution >= 0.6 is 24.0 Å². The average molecular weight is 390 g/mol. The highest BCUT2D eigenvalue weighted by molar-refractivity contribution is 14.0. The van der Waals surface area contributed by atoms with Crippen LogP contribution in [0.2, 0.25) is 0 Å². The van der Waals surface area contributed by atoms with Gasteiger partial charge >= 0.3 is 0 Å². The van der Waals surface area contributed by atoms with Crippen molar-refractivity contribution in [3.8, 4) is 5.88 Å². The number of aromatic nitrogens is 1. The molecule has 1 atom stereocenters. The van der Waals surface area contributed by atoms with Crippen molar-refractivity contribution in [1.82, 2.24) is 9.88 Å². The number of hydrogen-bond donors (Lipinski definition) is 1. The lowest BCUT2D eigenvalue weighted by Gasteiger charge is -2.31. The number of pyridine rings is 1. The average Bonchev–Trinajstić information content (AvgIpc) is 2.45. The minimum atomic E-state index is 0. The molecule has 20 heavy (non-hydrogen) atoms. The number of nitrogens with two attached hydrogens (primary N) is 1. The molecule has 0 radical (unpaired) electrons. The Hall–Kier alpha value is -1.05. The summed E-state index contributed by atoms with van der Waals surface area (Å²) >= 11 is 0. The third-order valence-corrected chi connectivity index (χ3v) is 3.37. The standard InChI is InChI=1S/C14H22N4O.HI/c1-11-5-4-8-18(10-11)14(15)16-9-12-6-3-7-13(17-12)19-2;/h3,6-7,11H,4-5,8-10H2,1-2H3,(H2,15,16);1H. The number of halogens is 1. The van der Waals surface area contributed by atoms with Gasteiger partial charge in [0.1, 0.15) is 0 Å². The van der Waals surface area contributed by atoms with Gasteiger partial charge in [0.25, 0.3) is 0 Å². The Morgan fingerprint density at radius 2 is 2.35 bits per heavy atom. The largest absolute Gasteiger partial charge is 0.481 e. The van der Waals surface area contributed by atoms with Gasteiger partial charge in [-0.05, 0) is 24.8 Å². The van der Waals surface area contributed by atoms with Crippen molar-refractivity contribution in [3.05, 3.63) is 23.9 Å². The Labute approximate surface area is 137 Å². The molecule has 1 aliphatic rings. The first-order valence-corrected chi connectivity index (χ1v) is 6.74. The van der Waals surface area contributed by atoms with E-state index >= 15 is 0 Å². The van der Waals surface area contributed by atoms with E-state index in [0.29, 0.717) is 24.3 Å². The van der Waals surface area contributed by atoms with E-state index in [0.717, 1.165) is 18.8 Å². The van der Waals surface area contributed by atoms with E-state index in [1.165, 1.54) is 12.8 Å². The van der Waals surface area contributed by atoms with E-state index in [1.807, 2.05) is 18.2 Å². The zero-order valence-electron chi connectivity index (χ0n) is 12.1. The van der Waals surface area contributed by atoms with Gasteiger partial charge in [-0.1, -0.05) is 13.0 Å². The second kappa shape index (κ2) is 8.28. The molecular weight excluding hydrogens is 367 g/mol. The van der Waals surface area contributed by atoms with E-state index < -0.39 is 0 Å². The molecule has 0 aromatic carbocycles. The minimum absolute atomic E-state index is 0. The van der Waals surface area contributed by atoms with Gasteiger partial charge in [0.2, 0.25) is 5.88 Å². The van der Waals surface area contributed by atoms with Gasteiger partial charge in [-0.25, -0.2) is 9.98 Å². The number of hydrogen-bond acceptors (Lipinski definition) is 3. The SMILES string of the molecule is COc1cccc(CN=C(N)N2CCCC(C)C2)n1.I. The van der Waals surface area contributed by atoms with Crippen LogP contribution in [0.1, 0.15) is 25.5 Å². The zero-order valence-corrected chi connectivity index (χ0v) is 14.4. The van der Waals surface area contributed by atoms with Crippen LogP contribution in [0.3, 0.4) is 0 Å². The maximum Gasteiger partial charge on any atom is 0.213 e. The van der Waals surface area contributed by atoms with Crippen LogP contribution in [0.5, 0.6) is 5.88 Å². The van der Waals surface area contributed by atoms with Crippen LogP contribution < -0.4 is 10.5 Å². The first-order chi connectivity index (χ1) is 9.19. The molecule has 1 aromatic heterocycles. The second-order valence-corrected chi connectivity index (χ2v) is 5.04. The van der Waals surface area contributed by atoms with Gasteiger partial charge in [0.15, 0.2) is 5.96 Å². The van der Waals surface area contributed by atoms with Gasteiger partial charge in [0, 0.05) is 19.2 Å². The van der Waals surface area contributed by atoms with Crippen molar-refractivity contribution in [2.24, 2.45) is 16.6 Å². The normalized spacial score (nSPS) is 19.4. The molecule has 1 aliphatic heterocycles. The number of likely N-dealkylation sites (tertiary alicyclic amines) is 1. The highest BCUT2D eigenvalue weighted by atomic mass is 127. The quantitative estimate of drug-likeness (QED) is 0.489. The van der Waals surface area contributed by atoms with Gasteiger partial charge < -0.3 is 15.4 Å². The molecule has 5 nitrogen and oxygen atoms in total. The summed E-state index contributed by atoms with van der Waals surface area (Å²) in [6.45, 7) is 4.75. The highest BCUT2D eigenvalue weighted by Gasteiger charge is 2.17. The second-order valence-electron chi connectivity index (χ2n) is 5.04. The molecule has 0 amide bonds. The molecule has 1 saturated heterocycles. The molecule has 0 saturated carbocycles. The molecular formula is C14H23IN4O. The van der Waals surface area contributed by atoms with Crippen LogP contribution in [0, 0.1) is 5.92 Å². The maximum atomic E-state index is 6.05. The van der Waals surface area contributed by atoms with E-state index in [4.69, 9.17) is 10.5 Å². The topological polar surface area (TPSA) is 63.7 Å². The number of ether oxygens (including phenoxy) is 1. The summed E-state index contributed by atoms with van der Waals surface area (Å²) in [5.74, 6) is 1.92. The highest BCUT2D eigenvalue weighted by Crippen LogP contribution is 2.15. The Kier molecular flexibility index (Phi) is 7.04. The number of rotatable bonds is 3. The van der Waals surface area contributed by atoms with Crippen LogP contribution in [-0.2, 0) is 6.54 Å². The van der Waals surface area contributed by atoms with Crippen molar-refractivity contribution in [2.45, 2.75) is 26.3 Å². The summed E-state index contributed by atoms with van der Waals surface area (Å²) in [5.41, 5.74) is 6.91. The Morgan fingerprint density at radius 1 is 1.55 bits per heavy atom. The predicted octanol–water partition coefficient (Wildman–Crippen LogP) is 2.25. The van der Waals surface area contributed by atoms with Crippen LogP contribution in [0.25, 0.3) is 0 Å². The monoisotopic (exact) mass is 390 g/mol. The number of aliphatic imine (C=N–C) groups is 1. The summed E-state index contributed by atoms with van der Waals surface area (Å²) in [5, 5.41) is 0. The molecule has 6 heteroatoms. The summed E-state index contributed by atoms with van der Waals surface area (Å²) in [6.07, 6.45) is 2.47. The predicted molar refractivity (Wildman–Crippen MR) is 91.5 cm³/mol. The smallest absolute Gasteiger partial charge is 0.213 e. The lowest BCUT2D eigenvalue weighted by atomic mass is 10.0. The van der Waals surface area contributed by atoms with E-state index in [1.54, 1.807) is 7.11 Å². The Morgan fingerprint density at radius 3 is 3.05 bits per heavy atom. The van der Waals surface area contributed by atoms with Crippen molar-refractivity contribution in [2.75, 3.05) is 20.2 Å². The first kappa shape index (κ1) is 17.0. The lowest BCUT2D eigenvalue weighted by Crippen LogP contribution is -2.43. The van der Waals surface area contributed by atoms with E-state index in [2.05, 4.69) is 21.8 Å². The fourth-order valence-electron chi connectivity index (χ4n) is 2.32. The molecule has 0 aliphatic carbocycles. The third-order valence-electron chi connectivity index (χ3n) is 3.37. The number of piperidine rings is 1. The summed E-state index contributed by atoms with van der Waals surface area (Å²) < 4.78 is 5.09. The fraction of sp³-hybridized carbons (Fsp3) is 0.571. The maximum absolute atomic E-state index is 6.05. The molecule has 2 rings (SSSR count). The molecule has 2 heterocycles. The van der Waals surface area contributed by atoms with Gasteiger partial charge in [-0.3, -0.25) is 0 Å². The number of nitrogens with zero attached hydrogens (tertiary/aromatic N) is 3. The zero-order chi connectivity index (χ0) is 13.7. The van der Waals surface area contributed by atoms with Gasteiger partial charge in [0.05, 0.1) is 19.3 Å².